The van der Waals surface area contributed by atoms with Crippen LogP contribution in [0.1, 0.15) is 49.6 Å². The Bertz CT molecular complexity index is 649. The SMILES string of the molecule is CNc1nc2c(s1)CC1C(C)(CO)C(O)CCC1(C)C2CC(=O)O. The number of carboxylic acid groups (broad SMARTS) is 1. The molecule has 3 rings (SSSR count). The van der Waals surface area contributed by atoms with Gasteiger partial charge in [-0.3, -0.25) is 4.79 Å². The first-order valence-corrected chi connectivity index (χ1v) is 9.26. The minimum atomic E-state index is -0.830. The first kappa shape index (κ1) is 17.6. The number of fused-ring (bicyclic) bond motifs is 2. The summed E-state index contributed by atoms with van der Waals surface area (Å²) in [6.45, 7) is 3.95. The maximum absolute atomic E-state index is 11.5. The van der Waals surface area contributed by atoms with Crippen molar-refractivity contribution < 1.29 is 20.1 Å². The molecule has 0 aliphatic heterocycles. The molecule has 1 aromatic rings. The van der Waals surface area contributed by atoms with Gasteiger partial charge in [0.2, 0.25) is 0 Å². The number of aliphatic hydroxyl groups excluding tert-OH is 2. The van der Waals surface area contributed by atoms with Gasteiger partial charge < -0.3 is 20.6 Å². The van der Waals surface area contributed by atoms with Crippen LogP contribution in [0.3, 0.4) is 0 Å². The van der Waals surface area contributed by atoms with Gasteiger partial charge in [0.15, 0.2) is 5.13 Å². The lowest BCUT2D eigenvalue weighted by atomic mass is 9.47. The summed E-state index contributed by atoms with van der Waals surface area (Å²) in [5.74, 6) is -0.995. The summed E-state index contributed by atoms with van der Waals surface area (Å²) in [6.07, 6.45) is 1.53. The lowest BCUT2D eigenvalue weighted by Gasteiger charge is -2.58. The van der Waals surface area contributed by atoms with Crippen LogP contribution in [0.25, 0.3) is 0 Å². The Morgan fingerprint density at radius 1 is 1.46 bits per heavy atom. The van der Waals surface area contributed by atoms with E-state index in [1.54, 1.807) is 11.3 Å². The standard InChI is InChI=1S/C17H26N2O4S/c1-16-5-4-12(21)17(2,8-20)11(16)7-10-14(9(16)6-13(22)23)19-15(18-3)24-10/h9,11-12,20-21H,4-8H2,1-3H3,(H,18,19)(H,22,23). The third-order valence-electron chi connectivity index (χ3n) is 6.49. The van der Waals surface area contributed by atoms with Gasteiger partial charge in [-0.15, -0.1) is 11.3 Å². The number of aromatic nitrogens is 1. The minimum absolute atomic E-state index is 0.0285. The third kappa shape index (κ3) is 2.45. The number of aliphatic carboxylic acids is 1. The molecule has 1 fully saturated rings. The molecule has 0 bridgehead atoms. The molecule has 0 spiro atoms. The number of anilines is 1. The smallest absolute Gasteiger partial charge is 0.304 e. The molecule has 0 saturated heterocycles. The van der Waals surface area contributed by atoms with Crippen LogP contribution in [-0.2, 0) is 11.2 Å². The quantitative estimate of drug-likeness (QED) is 0.660. The Morgan fingerprint density at radius 3 is 2.75 bits per heavy atom. The highest BCUT2D eigenvalue weighted by Gasteiger charge is 2.59. The van der Waals surface area contributed by atoms with E-state index in [4.69, 9.17) is 0 Å². The molecule has 0 amide bonds. The van der Waals surface area contributed by atoms with Crippen LogP contribution < -0.4 is 5.32 Å². The third-order valence-corrected chi connectivity index (χ3v) is 7.60. The van der Waals surface area contributed by atoms with Crippen LogP contribution in [0.5, 0.6) is 0 Å². The van der Waals surface area contributed by atoms with E-state index >= 15 is 0 Å². The Morgan fingerprint density at radius 2 is 2.17 bits per heavy atom. The van der Waals surface area contributed by atoms with Crippen molar-refractivity contribution in [3.05, 3.63) is 10.6 Å². The predicted molar refractivity (Wildman–Crippen MR) is 92.4 cm³/mol. The number of aliphatic hydroxyl groups is 2. The number of nitrogens with one attached hydrogen (secondary N) is 1. The van der Waals surface area contributed by atoms with Crippen LogP contribution in [0.15, 0.2) is 0 Å². The van der Waals surface area contributed by atoms with Crippen molar-refractivity contribution in [1.82, 2.24) is 4.98 Å². The fourth-order valence-corrected chi connectivity index (χ4v) is 5.95. The van der Waals surface area contributed by atoms with Crippen LogP contribution in [0.2, 0.25) is 0 Å². The Labute approximate surface area is 145 Å². The first-order chi connectivity index (χ1) is 11.3. The van der Waals surface area contributed by atoms with Crippen molar-refractivity contribution in [2.45, 2.75) is 51.6 Å². The second-order valence-corrected chi connectivity index (χ2v) is 8.79. The van der Waals surface area contributed by atoms with Crippen molar-refractivity contribution in [3.8, 4) is 0 Å². The fourth-order valence-electron chi connectivity index (χ4n) is 4.93. The highest BCUT2D eigenvalue weighted by Crippen LogP contribution is 2.62. The molecule has 2 aliphatic rings. The molecular weight excluding hydrogens is 328 g/mol. The predicted octanol–water partition coefficient (Wildman–Crippen LogP) is 2.07. The van der Waals surface area contributed by atoms with Crippen LogP contribution in [0.4, 0.5) is 5.13 Å². The summed E-state index contributed by atoms with van der Waals surface area (Å²) < 4.78 is 0. The lowest BCUT2D eigenvalue weighted by Crippen LogP contribution is -2.57. The van der Waals surface area contributed by atoms with Gasteiger partial charge in [0, 0.05) is 23.3 Å². The fraction of sp³-hybridized carbons (Fsp3) is 0.765. The summed E-state index contributed by atoms with van der Waals surface area (Å²) in [6, 6.07) is 0. The van der Waals surface area contributed by atoms with E-state index in [9.17, 15) is 20.1 Å². The molecule has 5 atom stereocenters. The van der Waals surface area contributed by atoms with Crippen molar-refractivity contribution in [3.63, 3.8) is 0 Å². The zero-order valence-corrected chi connectivity index (χ0v) is 15.2. The highest BCUT2D eigenvalue weighted by molar-refractivity contribution is 7.15. The summed E-state index contributed by atoms with van der Waals surface area (Å²) in [5, 5.41) is 33.9. The van der Waals surface area contributed by atoms with Crippen molar-refractivity contribution in [2.75, 3.05) is 19.0 Å². The van der Waals surface area contributed by atoms with E-state index in [2.05, 4.69) is 17.2 Å². The van der Waals surface area contributed by atoms with Crippen molar-refractivity contribution >= 4 is 22.4 Å². The molecule has 0 aromatic carbocycles. The highest BCUT2D eigenvalue weighted by atomic mass is 32.1. The molecule has 24 heavy (non-hydrogen) atoms. The number of hydrogen-bond acceptors (Lipinski definition) is 6. The Balaban J connectivity index is 2.13. The molecule has 2 aliphatic carbocycles. The molecule has 1 saturated carbocycles. The molecule has 5 unspecified atom stereocenters. The number of rotatable bonds is 4. The Kier molecular flexibility index (Phi) is 4.38. The summed E-state index contributed by atoms with van der Waals surface area (Å²) >= 11 is 1.55. The maximum atomic E-state index is 11.5. The van der Waals surface area contributed by atoms with Gasteiger partial charge in [0.05, 0.1) is 24.8 Å². The summed E-state index contributed by atoms with van der Waals surface area (Å²) in [5.41, 5.74) is -0.0194. The summed E-state index contributed by atoms with van der Waals surface area (Å²) in [7, 11) is 1.81. The number of carbonyl (C=O) groups is 1. The monoisotopic (exact) mass is 354 g/mol. The van der Waals surface area contributed by atoms with E-state index in [-0.39, 0.29) is 30.3 Å². The Hall–Kier alpha value is -1.18. The average Bonchev–Trinajstić information content (AvgIpc) is 2.96. The van der Waals surface area contributed by atoms with Crippen LogP contribution in [0, 0.1) is 16.7 Å². The summed E-state index contributed by atoms with van der Waals surface area (Å²) in [4.78, 5) is 17.3. The number of hydrogen-bond donors (Lipinski definition) is 4. The molecular formula is C17H26N2O4S. The van der Waals surface area contributed by atoms with Gasteiger partial charge in [0.1, 0.15) is 0 Å². The normalized spacial score (nSPS) is 38.3. The topological polar surface area (TPSA) is 103 Å². The van der Waals surface area contributed by atoms with Gasteiger partial charge in [-0.05, 0) is 30.6 Å². The maximum Gasteiger partial charge on any atom is 0.304 e. The van der Waals surface area contributed by atoms with Crippen molar-refractivity contribution in [1.29, 1.82) is 0 Å². The van der Waals surface area contributed by atoms with Gasteiger partial charge in [-0.1, -0.05) is 13.8 Å². The minimum Gasteiger partial charge on any atom is -0.481 e. The van der Waals surface area contributed by atoms with Crippen LogP contribution >= 0.6 is 11.3 Å². The molecule has 7 heteroatoms. The van der Waals surface area contributed by atoms with Crippen molar-refractivity contribution in [2.24, 2.45) is 16.7 Å². The number of carboxylic acids is 1. The average molecular weight is 354 g/mol. The van der Waals surface area contributed by atoms with Gasteiger partial charge in [0.25, 0.3) is 0 Å². The van der Waals surface area contributed by atoms with E-state index in [1.807, 2.05) is 14.0 Å². The van der Waals surface area contributed by atoms with Gasteiger partial charge >= 0.3 is 5.97 Å². The zero-order chi connectivity index (χ0) is 17.7. The zero-order valence-electron chi connectivity index (χ0n) is 14.4. The van der Waals surface area contributed by atoms with E-state index in [0.717, 1.165) is 28.5 Å². The second kappa shape index (κ2) is 5.97. The van der Waals surface area contributed by atoms with Crippen LogP contribution in [-0.4, -0.2) is 46.0 Å². The lowest BCUT2D eigenvalue weighted by molar-refractivity contribution is -0.150. The number of thiazole rings is 1. The van der Waals surface area contributed by atoms with E-state index < -0.39 is 17.5 Å². The first-order valence-electron chi connectivity index (χ1n) is 8.44. The van der Waals surface area contributed by atoms with E-state index in [1.165, 1.54) is 0 Å². The second-order valence-electron chi connectivity index (χ2n) is 7.71. The van der Waals surface area contributed by atoms with Gasteiger partial charge in [-0.25, -0.2) is 4.98 Å². The largest absolute Gasteiger partial charge is 0.481 e. The molecule has 6 nitrogen and oxygen atoms in total. The molecule has 0 radical (unpaired) electrons. The van der Waals surface area contributed by atoms with E-state index in [0.29, 0.717) is 6.42 Å². The number of nitrogens with zero attached hydrogens (tertiary/aromatic N) is 1. The molecule has 1 heterocycles. The van der Waals surface area contributed by atoms with Gasteiger partial charge in [-0.2, -0.15) is 0 Å². The molecule has 1 aromatic heterocycles. The molecule has 4 N–H and O–H groups in total. The molecule has 134 valence electrons.